The van der Waals surface area contributed by atoms with Crippen molar-refractivity contribution in [1.82, 2.24) is 0 Å². The van der Waals surface area contributed by atoms with Crippen LogP contribution in [0.5, 0.6) is 0 Å². The molecule has 0 amide bonds. The van der Waals surface area contributed by atoms with Crippen LogP contribution in [0, 0.1) is 0 Å². The summed E-state index contributed by atoms with van der Waals surface area (Å²) in [7, 11) is 0. The molecule has 1 rings (SSSR count). The van der Waals surface area contributed by atoms with Crippen LogP contribution in [0.25, 0.3) is 6.08 Å². The minimum atomic E-state index is 0.127. The van der Waals surface area contributed by atoms with Gasteiger partial charge < -0.3 is 0 Å². The van der Waals surface area contributed by atoms with Crippen LogP contribution in [0.15, 0.2) is 29.8 Å². The van der Waals surface area contributed by atoms with Crippen molar-refractivity contribution in [3.63, 3.8) is 0 Å². The van der Waals surface area contributed by atoms with Crippen LogP contribution in [-0.4, -0.2) is 5.78 Å². The molecule has 0 saturated heterocycles. The van der Waals surface area contributed by atoms with E-state index in [1.807, 2.05) is 37.3 Å². The zero-order valence-electron chi connectivity index (χ0n) is 8.38. The number of hydrogen-bond acceptors (Lipinski definition) is 1. The molecule has 1 aromatic carbocycles. The summed E-state index contributed by atoms with van der Waals surface area (Å²) in [5.74, 6) is 0.127. The first-order chi connectivity index (χ1) is 6.63. The first-order valence-electron chi connectivity index (χ1n) is 4.60. The van der Waals surface area contributed by atoms with Crippen molar-refractivity contribution >= 4 is 23.5 Å². The molecule has 0 saturated carbocycles. The Balaban J connectivity index is 2.95. The fourth-order valence-electron chi connectivity index (χ4n) is 1.21. The third-order valence-electron chi connectivity index (χ3n) is 2.04. The smallest absolute Gasteiger partial charge is 0.155 e. The van der Waals surface area contributed by atoms with Crippen LogP contribution in [0.3, 0.4) is 0 Å². The number of rotatable bonds is 3. The molecular formula is C12H13ClO. The number of halogens is 1. The largest absolute Gasteiger partial charge is 0.295 e. The number of hydrogen-bond donors (Lipinski definition) is 0. The maximum atomic E-state index is 11.2. The molecular weight excluding hydrogens is 196 g/mol. The van der Waals surface area contributed by atoms with Crippen LogP contribution in [0.2, 0.25) is 5.02 Å². The number of benzene rings is 1. The first-order valence-corrected chi connectivity index (χ1v) is 4.98. The van der Waals surface area contributed by atoms with E-state index in [-0.39, 0.29) is 5.78 Å². The van der Waals surface area contributed by atoms with Gasteiger partial charge >= 0.3 is 0 Å². The topological polar surface area (TPSA) is 17.1 Å². The van der Waals surface area contributed by atoms with E-state index in [4.69, 9.17) is 11.6 Å². The minimum Gasteiger partial charge on any atom is -0.295 e. The second-order valence-corrected chi connectivity index (χ2v) is 3.57. The van der Waals surface area contributed by atoms with Crippen molar-refractivity contribution in [2.24, 2.45) is 0 Å². The molecule has 0 unspecified atom stereocenters. The van der Waals surface area contributed by atoms with Gasteiger partial charge in [-0.2, -0.15) is 0 Å². The lowest BCUT2D eigenvalue weighted by atomic mass is 10.1. The van der Waals surface area contributed by atoms with Gasteiger partial charge in [-0.25, -0.2) is 0 Å². The van der Waals surface area contributed by atoms with Gasteiger partial charge in [-0.3, -0.25) is 4.79 Å². The molecule has 0 aromatic heterocycles. The number of allylic oxidation sites excluding steroid dienone is 1. The van der Waals surface area contributed by atoms with E-state index in [0.717, 1.165) is 17.6 Å². The predicted molar refractivity (Wildman–Crippen MR) is 60.4 cm³/mol. The predicted octanol–water partition coefficient (Wildman–Crippen LogP) is 3.72. The van der Waals surface area contributed by atoms with E-state index in [1.165, 1.54) is 0 Å². The molecule has 0 N–H and O–H groups in total. The third-order valence-corrected chi connectivity index (χ3v) is 2.30. The molecule has 0 bridgehead atoms. The van der Waals surface area contributed by atoms with E-state index < -0.39 is 0 Å². The standard InChI is InChI=1S/C12H13ClO/c1-3-11(9(2)14)8-10-4-6-12(13)7-5-10/h4-8H,3H2,1-2H3/b11-8+. The Kier molecular flexibility index (Phi) is 3.90. The summed E-state index contributed by atoms with van der Waals surface area (Å²) in [6.45, 7) is 3.56. The molecule has 0 spiro atoms. The molecule has 1 aromatic rings. The summed E-state index contributed by atoms with van der Waals surface area (Å²) < 4.78 is 0. The fraction of sp³-hybridized carbons (Fsp3) is 0.250. The lowest BCUT2D eigenvalue weighted by molar-refractivity contribution is -0.113. The second-order valence-electron chi connectivity index (χ2n) is 3.13. The van der Waals surface area contributed by atoms with E-state index in [2.05, 4.69) is 0 Å². The zero-order chi connectivity index (χ0) is 10.6. The SMILES string of the molecule is CC/C(=C\c1ccc(Cl)cc1)C(C)=O. The van der Waals surface area contributed by atoms with Gasteiger partial charge in [-0.15, -0.1) is 0 Å². The minimum absolute atomic E-state index is 0.127. The summed E-state index contributed by atoms with van der Waals surface area (Å²) in [5, 5.41) is 0.711. The van der Waals surface area contributed by atoms with E-state index in [1.54, 1.807) is 6.92 Å². The molecule has 0 heterocycles. The lowest BCUT2D eigenvalue weighted by Gasteiger charge is -1.99. The Hall–Kier alpha value is -1.08. The Morgan fingerprint density at radius 3 is 2.36 bits per heavy atom. The summed E-state index contributed by atoms with van der Waals surface area (Å²) in [4.78, 5) is 11.2. The molecule has 0 aliphatic rings. The van der Waals surface area contributed by atoms with Gasteiger partial charge in [0.15, 0.2) is 5.78 Å². The maximum Gasteiger partial charge on any atom is 0.155 e. The Morgan fingerprint density at radius 1 is 1.36 bits per heavy atom. The molecule has 74 valence electrons. The molecule has 1 nitrogen and oxygen atoms in total. The monoisotopic (exact) mass is 208 g/mol. The number of carbonyl (C=O) groups is 1. The molecule has 0 radical (unpaired) electrons. The first kappa shape index (κ1) is 11.0. The lowest BCUT2D eigenvalue weighted by Crippen LogP contribution is -1.94. The van der Waals surface area contributed by atoms with Crippen LogP contribution in [0.4, 0.5) is 0 Å². The van der Waals surface area contributed by atoms with Crippen LogP contribution in [0.1, 0.15) is 25.8 Å². The van der Waals surface area contributed by atoms with Crippen LogP contribution in [-0.2, 0) is 4.79 Å². The highest BCUT2D eigenvalue weighted by Crippen LogP contribution is 2.14. The van der Waals surface area contributed by atoms with Gasteiger partial charge in [0.25, 0.3) is 0 Å². The van der Waals surface area contributed by atoms with Gasteiger partial charge in [0.1, 0.15) is 0 Å². The molecule has 0 aliphatic heterocycles. The normalized spacial score (nSPS) is 11.5. The second kappa shape index (κ2) is 4.97. The molecule has 0 atom stereocenters. The Morgan fingerprint density at radius 2 is 1.93 bits per heavy atom. The van der Waals surface area contributed by atoms with Crippen molar-refractivity contribution < 1.29 is 4.79 Å². The van der Waals surface area contributed by atoms with Crippen molar-refractivity contribution in [3.8, 4) is 0 Å². The average Bonchev–Trinajstić information content (AvgIpc) is 2.16. The fourth-order valence-corrected chi connectivity index (χ4v) is 1.34. The molecule has 14 heavy (non-hydrogen) atoms. The highest BCUT2D eigenvalue weighted by Gasteiger charge is 2.00. The molecule has 2 heteroatoms. The Labute approximate surface area is 89.4 Å². The highest BCUT2D eigenvalue weighted by atomic mass is 35.5. The van der Waals surface area contributed by atoms with Crippen molar-refractivity contribution in [1.29, 1.82) is 0 Å². The van der Waals surface area contributed by atoms with Gasteiger partial charge in [-0.05, 0) is 42.7 Å². The highest BCUT2D eigenvalue weighted by molar-refractivity contribution is 6.30. The number of Topliss-reactive ketones (excluding diaryl/α,β-unsaturated/α-hetero) is 1. The van der Waals surface area contributed by atoms with Gasteiger partial charge in [0.2, 0.25) is 0 Å². The number of carbonyl (C=O) groups excluding carboxylic acids is 1. The zero-order valence-corrected chi connectivity index (χ0v) is 9.14. The number of ketones is 1. The van der Waals surface area contributed by atoms with Crippen molar-refractivity contribution in [2.75, 3.05) is 0 Å². The van der Waals surface area contributed by atoms with Crippen molar-refractivity contribution in [3.05, 3.63) is 40.4 Å². The quantitative estimate of drug-likeness (QED) is 0.692. The summed E-state index contributed by atoms with van der Waals surface area (Å²) in [6, 6.07) is 7.45. The van der Waals surface area contributed by atoms with Crippen molar-refractivity contribution in [2.45, 2.75) is 20.3 Å². The molecule has 0 fully saturated rings. The Bertz CT molecular complexity index is 349. The van der Waals surface area contributed by atoms with Gasteiger partial charge in [0, 0.05) is 5.02 Å². The molecule has 0 aliphatic carbocycles. The van der Waals surface area contributed by atoms with E-state index in [0.29, 0.717) is 5.02 Å². The van der Waals surface area contributed by atoms with E-state index in [9.17, 15) is 4.79 Å². The summed E-state index contributed by atoms with van der Waals surface area (Å²) in [6.07, 6.45) is 2.66. The van der Waals surface area contributed by atoms with Crippen LogP contribution >= 0.6 is 11.6 Å². The average molecular weight is 209 g/mol. The van der Waals surface area contributed by atoms with Gasteiger partial charge in [-0.1, -0.05) is 30.7 Å². The summed E-state index contributed by atoms with van der Waals surface area (Å²) in [5.41, 5.74) is 1.86. The van der Waals surface area contributed by atoms with Crippen LogP contribution < -0.4 is 0 Å². The van der Waals surface area contributed by atoms with E-state index >= 15 is 0 Å². The van der Waals surface area contributed by atoms with Gasteiger partial charge in [0.05, 0.1) is 0 Å². The summed E-state index contributed by atoms with van der Waals surface area (Å²) >= 11 is 5.76. The third kappa shape index (κ3) is 3.00. The maximum absolute atomic E-state index is 11.2.